The van der Waals surface area contributed by atoms with Gasteiger partial charge in [-0.2, -0.15) is 0 Å². The normalized spacial score (nSPS) is 22.5. The SMILES string of the molecule is CCN(CC)CCC(C)N1C[C@H]2CCN(c3ccc(NC(=O)c4ccc(COC5CCC5)cc4)cc3)[C@H]2C1. The minimum absolute atomic E-state index is 0.0735. The summed E-state index contributed by atoms with van der Waals surface area (Å²) in [5.41, 5.74) is 3.89. The van der Waals surface area contributed by atoms with E-state index in [9.17, 15) is 4.79 Å². The largest absolute Gasteiger partial charge is 0.374 e. The van der Waals surface area contributed by atoms with Gasteiger partial charge >= 0.3 is 0 Å². The fraction of sp³-hybridized carbons (Fsp3) is 0.594. The second kappa shape index (κ2) is 12.6. The van der Waals surface area contributed by atoms with Gasteiger partial charge in [0.25, 0.3) is 5.91 Å². The molecule has 3 aliphatic rings. The summed E-state index contributed by atoms with van der Waals surface area (Å²) in [6, 6.07) is 17.4. The molecule has 206 valence electrons. The summed E-state index contributed by atoms with van der Waals surface area (Å²) in [5, 5.41) is 3.06. The van der Waals surface area contributed by atoms with Crippen molar-refractivity contribution in [3.63, 3.8) is 0 Å². The van der Waals surface area contributed by atoms with Gasteiger partial charge in [-0.1, -0.05) is 26.0 Å². The van der Waals surface area contributed by atoms with Crippen LogP contribution >= 0.6 is 0 Å². The van der Waals surface area contributed by atoms with E-state index in [1.165, 1.54) is 50.9 Å². The Kier molecular flexibility index (Phi) is 9.03. The summed E-state index contributed by atoms with van der Waals surface area (Å²) < 4.78 is 5.88. The zero-order valence-corrected chi connectivity index (χ0v) is 23.6. The molecule has 2 aliphatic heterocycles. The van der Waals surface area contributed by atoms with Crippen LogP contribution in [0.4, 0.5) is 11.4 Å². The Morgan fingerprint density at radius 3 is 2.42 bits per heavy atom. The number of hydrogen-bond donors (Lipinski definition) is 1. The maximum Gasteiger partial charge on any atom is 0.255 e. The van der Waals surface area contributed by atoms with E-state index < -0.39 is 0 Å². The lowest BCUT2D eigenvalue weighted by Crippen LogP contribution is -2.39. The number of rotatable bonds is 12. The van der Waals surface area contributed by atoms with Crippen molar-refractivity contribution in [1.82, 2.24) is 9.80 Å². The highest BCUT2D eigenvalue weighted by atomic mass is 16.5. The Bertz CT molecular complexity index is 1030. The number of fused-ring (bicyclic) bond motifs is 1. The van der Waals surface area contributed by atoms with Crippen LogP contribution in [0.15, 0.2) is 48.5 Å². The van der Waals surface area contributed by atoms with Crippen LogP contribution in [0.1, 0.15) is 68.8 Å². The molecule has 6 nitrogen and oxygen atoms in total. The Hall–Kier alpha value is -2.41. The summed E-state index contributed by atoms with van der Waals surface area (Å²) in [5.74, 6) is 0.683. The molecule has 2 heterocycles. The van der Waals surface area contributed by atoms with E-state index in [2.05, 4.69) is 52.9 Å². The van der Waals surface area contributed by atoms with Crippen LogP contribution in [0.3, 0.4) is 0 Å². The van der Waals surface area contributed by atoms with Crippen LogP contribution in [-0.2, 0) is 11.3 Å². The average molecular weight is 519 g/mol. The third kappa shape index (κ3) is 6.41. The average Bonchev–Trinajstić information content (AvgIpc) is 3.51. The maximum atomic E-state index is 12.8. The molecule has 1 aliphatic carbocycles. The van der Waals surface area contributed by atoms with Gasteiger partial charge in [-0.05, 0) is 107 Å². The van der Waals surface area contributed by atoms with E-state index in [-0.39, 0.29) is 5.91 Å². The summed E-state index contributed by atoms with van der Waals surface area (Å²) in [7, 11) is 0. The number of nitrogens with one attached hydrogen (secondary N) is 1. The van der Waals surface area contributed by atoms with Crippen LogP contribution in [-0.4, -0.2) is 73.2 Å². The molecule has 6 heteroatoms. The molecule has 2 saturated heterocycles. The third-order valence-electron chi connectivity index (χ3n) is 9.17. The molecule has 1 unspecified atom stereocenters. The number of carbonyl (C=O) groups is 1. The van der Waals surface area contributed by atoms with Crippen molar-refractivity contribution in [1.29, 1.82) is 0 Å². The molecule has 0 spiro atoms. The first-order valence-electron chi connectivity index (χ1n) is 14.9. The standard InChI is InChI=1S/C32H46N4O2/c1-4-34(5-2)19-17-24(3)35-21-27-18-20-36(31(27)22-35)29-15-13-28(14-16-29)33-32(37)26-11-9-25(10-12-26)23-38-30-7-6-8-30/h9-16,24,27,30-31H,4-8,17-23H2,1-3H3,(H,33,37)/t24?,27-,31+/m1/s1. The lowest BCUT2D eigenvalue weighted by Gasteiger charge is -2.30. The third-order valence-corrected chi connectivity index (χ3v) is 9.17. The number of benzene rings is 2. The number of likely N-dealkylation sites (tertiary alicyclic amines) is 1. The molecule has 2 aromatic carbocycles. The van der Waals surface area contributed by atoms with Gasteiger partial charge in [-0.25, -0.2) is 0 Å². The Morgan fingerprint density at radius 1 is 1.03 bits per heavy atom. The molecule has 0 radical (unpaired) electrons. The van der Waals surface area contributed by atoms with Crippen molar-refractivity contribution in [2.75, 3.05) is 49.5 Å². The van der Waals surface area contributed by atoms with Crippen molar-refractivity contribution in [2.24, 2.45) is 5.92 Å². The number of carbonyl (C=O) groups excluding carboxylic acids is 1. The van der Waals surface area contributed by atoms with Gasteiger partial charge in [0, 0.05) is 48.7 Å². The van der Waals surface area contributed by atoms with Crippen LogP contribution < -0.4 is 10.2 Å². The molecule has 0 aromatic heterocycles. The van der Waals surface area contributed by atoms with E-state index in [0.29, 0.717) is 30.4 Å². The summed E-state index contributed by atoms with van der Waals surface area (Å²) in [4.78, 5) is 20.6. The van der Waals surface area contributed by atoms with E-state index in [1.54, 1.807) is 0 Å². The second-order valence-electron chi connectivity index (χ2n) is 11.5. The first-order valence-corrected chi connectivity index (χ1v) is 14.9. The number of hydrogen-bond acceptors (Lipinski definition) is 5. The molecular formula is C32H46N4O2. The highest BCUT2D eigenvalue weighted by Gasteiger charge is 2.42. The van der Waals surface area contributed by atoms with Gasteiger partial charge in [-0.15, -0.1) is 0 Å². The van der Waals surface area contributed by atoms with Crippen LogP contribution in [0.5, 0.6) is 0 Å². The molecule has 1 saturated carbocycles. The Labute approximate surface area is 229 Å². The maximum absolute atomic E-state index is 12.8. The minimum Gasteiger partial charge on any atom is -0.374 e. The van der Waals surface area contributed by atoms with Gasteiger partial charge in [0.1, 0.15) is 0 Å². The topological polar surface area (TPSA) is 48.0 Å². The lowest BCUT2D eigenvalue weighted by molar-refractivity contribution is -0.00866. The minimum atomic E-state index is -0.0735. The number of anilines is 2. The predicted octanol–water partition coefficient (Wildman–Crippen LogP) is 5.64. The highest BCUT2D eigenvalue weighted by Crippen LogP contribution is 2.36. The zero-order chi connectivity index (χ0) is 26.5. The molecule has 1 amide bonds. The van der Waals surface area contributed by atoms with E-state index in [4.69, 9.17) is 4.74 Å². The van der Waals surface area contributed by atoms with Crippen molar-refractivity contribution in [3.8, 4) is 0 Å². The van der Waals surface area contributed by atoms with E-state index >= 15 is 0 Å². The molecule has 38 heavy (non-hydrogen) atoms. The summed E-state index contributed by atoms with van der Waals surface area (Å²) in [6.07, 6.45) is 6.56. The van der Waals surface area contributed by atoms with Crippen LogP contribution in [0.25, 0.3) is 0 Å². The number of nitrogens with zero attached hydrogens (tertiary/aromatic N) is 3. The summed E-state index contributed by atoms with van der Waals surface area (Å²) >= 11 is 0. The van der Waals surface area contributed by atoms with Gasteiger partial charge in [0.05, 0.1) is 12.7 Å². The monoisotopic (exact) mass is 518 g/mol. The van der Waals surface area contributed by atoms with E-state index in [0.717, 1.165) is 43.3 Å². The Balaban J connectivity index is 1.11. The zero-order valence-electron chi connectivity index (χ0n) is 23.6. The van der Waals surface area contributed by atoms with Crippen molar-refractivity contribution in [2.45, 2.75) is 77.7 Å². The van der Waals surface area contributed by atoms with Crippen molar-refractivity contribution < 1.29 is 9.53 Å². The molecule has 3 fully saturated rings. The molecular weight excluding hydrogens is 472 g/mol. The fourth-order valence-electron chi connectivity index (χ4n) is 6.21. The second-order valence-corrected chi connectivity index (χ2v) is 11.5. The number of ether oxygens (including phenoxy) is 1. The fourth-order valence-corrected chi connectivity index (χ4v) is 6.21. The molecule has 2 aromatic rings. The van der Waals surface area contributed by atoms with Gasteiger partial charge in [-0.3, -0.25) is 9.69 Å². The van der Waals surface area contributed by atoms with Gasteiger partial charge < -0.3 is 19.9 Å². The highest BCUT2D eigenvalue weighted by molar-refractivity contribution is 6.04. The number of amides is 1. The van der Waals surface area contributed by atoms with Crippen LogP contribution in [0, 0.1) is 5.92 Å². The molecule has 5 rings (SSSR count). The quantitative estimate of drug-likeness (QED) is 0.394. The first-order chi connectivity index (χ1) is 18.5. The molecule has 0 bridgehead atoms. The van der Waals surface area contributed by atoms with Crippen molar-refractivity contribution in [3.05, 3.63) is 59.7 Å². The van der Waals surface area contributed by atoms with Crippen LogP contribution in [0.2, 0.25) is 0 Å². The van der Waals surface area contributed by atoms with Gasteiger partial charge in [0.2, 0.25) is 0 Å². The Morgan fingerprint density at radius 2 is 1.76 bits per heavy atom. The predicted molar refractivity (Wildman–Crippen MR) is 156 cm³/mol. The lowest BCUT2D eigenvalue weighted by atomic mass is 9.96. The van der Waals surface area contributed by atoms with E-state index in [1.807, 2.05) is 36.4 Å². The van der Waals surface area contributed by atoms with Gasteiger partial charge in [0.15, 0.2) is 0 Å². The first kappa shape index (κ1) is 27.2. The molecule has 1 N–H and O–H groups in total. The smallest absolute Gasteiger partial charge is 0.255 e. The molecule has 3 atom stereocenters. The van der Waals surface area contributed by atoms with Crippen molar-refractivity contribution >= 4 is 17.3 Å². The summed E-state index contributed by atoms with van der Waals surface area (Å²) in [6.45, 7) is 14.5.